The number of carbonyl (C=O) groups excluding carboxylic acids is 4. The second kappa shape index (κ2) is 20.0. The number of likely N-dealkylation sites (tertiary alicyclic amines) is 2. The number of ether oxygens (including phenoxy) is 2. The largest absolute Gasteiger partial charge is 0.447 e. The van der Waals surface area contributed by atoms with Gasteiger partial charge < -0.3 is 34.9 Å². The molecule has 0 radical (unpaired) electrons. The normalized spacial score (nSPS) is 17.2. The molecular weight excluding hydrogens is 827 g/mol. The predicted octanol–water partition coefficient (Wildman–Crippen LogP) is 9.14. The van der Waals surface area contributed by atoms with Crippen LogP contribution in [0.5, 0.6) is 0 Å². The number of aromatic amines is 1. The zero-order valence-electron chi connectivity index (χ0n) is 36.6. The van der Waals surface area contributed by atoms with Crippen molar-refractivity contribution in [3.05, 3.63) is 132 Å². The number of anilines is 1. The van der Waals surface area contributed by atoms with Crippen LogP contribution in [-0.2, 0) is 23.9 Å². The summed E-state index contributed by atoms with van der Waals surface area (Å²) in [6.07, 6.45) is 3.85. The molecule has 4 aromatic carbocycles. The fourth-order valence-corrected chi connectivity index (χ4v) is 9.56. The first-order valence-corrected chi connectivity index (χ1v) is 22.9. The van der Waals surface area contributed by atoms with Crippen molar-refractivity contribution in [2.75, 3.05) is 25.1 Å². The van der Waals surface area contributed by atoms with Crippen LogP contribution in [-0.4, -0.2) is 81.7 Å². The van der Waals surface area contributed by atoms with Crippen LogP contribution in [0.4, 0.5) is 10.5 Å². The molecule has 4 N–H and O–H groups in total. The Bertz CT molecular complexity index is 2560. The summed E-state index contributed by atoms with van der Waals surface area (Å²) in [6.45, 7) is 8.72. The van der Waals surface area contributed by atoms with Gasteiger partial charge >= 0.3 is 6.09 Å². The quantitative estimate of drug-likeness (QED) is 0.0744. The summed E-state index contributed by atoms with van der Waals surface area (Å²) in [7, 11) is 0. The summed E-state index contributed by atoms with van der Waals surface area (Å²) < 4.78 is 11.1. The molecule has 0 spiro atoms. The van der Waals surface area contributed by atoms with E-state index in [-0.39, 0.29) is 42.7 Å². The third-order valence-electron chi connectivity index (χ3n) is 11.6. The molecule has 13 nitrogen and oxygen atoms in total. The summed E-state index contributed by atoms with van der Waals surface area (Å²) in [6, 6.07) is 32.6. The predicted molar refractivity (Wildman–Crippen MR) is 249 cm³/mol. The van der Waals surface area contributed by atoms with E-state index >= 15 is 0 Å². The summed E-state index contributed by atoms with van der Waals surface area (Å²) >= 11 is 1.57. The topological polar surface area (TPSA) is 158 Å². The number of thiazole rings is 1. The number of nitrogens with zero attached hydrogens (tertiary/aromatic N) is 3. The molecule has 2 aliphatic rings. The third kappa shape index (κ3) is 10.2. The molecule has 64 heavy (non-hydrogen) atoms. The fourth-order valence-electron chi connectivity index (χ4n) is 8.49. The highest BCUT2D eigenvalue weighted by molar-refractivity contribution is 7.15. The Labute approximate surface area is 377 Å². The van der Waals surface area contributed by atoms with Gasteiger partial charge in [0.25, 0.3) is 5.91 Å². The molecule has 14 heteroatoms. The molecule has 0 aliphatic carbocycles. The summed E-state index contributed by atoms with van der Waals surface area (Å²) in [5.41, 5.74) is 6.05. The molecule has 0 bridgehead atoms. The Balaban J connectivity index is 0.922. The minimum Gasteiger partial charge on any atom is -0.447 e. The minimum absolute atomic E-state index is 0.00731. The molecule has 2 saturated heterocycles. The maximum absolute atomic E-state index is 14.1. The van der Waals surface area contributed by atoms with E-state index in [0.29, 0.717) is 30.8 Å². The average molecular weight is 882 g/mol. The molecule has 8 rings (SSSR count). The van der Waals surface area contributed by atoms with E-state index in [1.54, 1.807) is 30.1 Å². The van der Waals surface area contributed by atoms with Crippen LogP contribution in [0.1, 0.15) is 87.6 Å². The van der Waals surface area contributed by atoms with Crippen molar-refractivity contribution in [2.45, 2.75) is 89.8 Å². The van der Waals surface area contributed by atoms with Gasteiger partial charge in [-0.25, -0.2) is 9.78 Å². The number of amides is 4. The molecule has 0 unspecified atom stereocenters. The highest BCUT2D eigenvalue weighted by Crippen LogP contribution is 2.39. The van der Waals surface area contributed by atoms with Gasteiger partial charge in [0.1, 0.15) is 23.1 Å². The molecule has 2 aromatic heterocycles. The van der Waals surface area contributed by atoms with Gasteiger partial charge in [0, 0.05) is 41.6 Å². The van der Waals surface area contributed by atoms with Crippen LogP contribution in [0.3, 0.4) is 0 Å². The average Bonchev–Trinajstić information content (AvgIpc) is 4.14. The van der Waals surface area contributed by atoms with Crippen LogP contribution in [0.15, 0.2) is 115 Å². The number of nitrogens with one attached hydrogen (secondary N) is 4. The van der Waals surface area contributed by atoms with Crippen molar-refractivity contribution in [1.29, 1.82) is 0 Å². The van der Waals surface area contributed by atoms with Crippen molar-refractivity contribution >= 4 is 51.7 Å². The lowest BCUT2D eigenvalue weighted by Gasteiger charge is -2.29. The van der Waals surface area contributed by atoms with E-state index in [0.717, 1.165) is 62.4 Å². The van der Waals surface area contributed by atoms with E-state index in [4.69, 9.17) is 14.5 Å². The van der Waals surface area contributed by atoms with E-state index in [9.17, 15) is 19.2 Å². The summed E-state index contributed by atoms with van der Waals surface area (Å²) in [4.78, 5) is 67.4. The standard InChI is InChI=1S/C50H55N7O6S/c1-31(2)62-30-52-44(35-13-7-5-8-14-35)48(59)56-25-11-17-41(56)46(58)53-38-23-24-39-37(27-38)28-40(54-39)33-19-21-34(22-20-33)43-29-51-47(64-43)42-18-12-26-57(42)49(60)45(36-15-9-6-10-16-36)55-50(61)63-32(3)4/h5-10,13-16,19-24,27-29,31-32,41-42,44-45,52,54H,11-12,17-18,25-26,30H2,1-4H3,(H,53,58)(H,55,61)/t41-,42-,44+,45+/m0/s1. The Kier molecular flexibility index (Phi) is 13.8. The number of H-pyrrole nitrogens is 1. The van der Waals surface area contributed by atoms with Crippen LogP contribution in [0.2, 0.25) is 0 Å². The van der Waals surface area contributed by atoms with E-state index < -0.39 is 24.2 Å². The van der Waals surface area contributed by atoms with Gasteiger partial charge in [-0.3, -0.25) is 19.7 Å². The van der Waals surface area contributed by atoms with Crippen molar-refractivity contribution in [1.82, 2.24) is 30.4 Å². The van der Waals surface area contributed by atoms with Crippen molar-refractivity contribution in [3.8, 4) is 21.7 Å². The van der Waals surface area contributed by atoms with Gasteiger partial charge in [-0.15, -0.1) is 11.3 Å². The smallest absolute Gasteiger partial charge is 0.408 e. The highest BCUT2D eigenvalue weighted by atomic mass is 32.1. The lowest BCUT2D eigenvalue weighted by molar-refractivity contribution is -0.139. The molecule has 4 heterocycles. The zero-order valence-corrected chi connectivity index (χ0v) is 37.4. The van der Waals surface area contributed by atoms with Crippen molar-refractivity contribution in [3.63, 3.8) is 0 Å². The van der Waals surface area contributed by atoms with Crippen molar-refractivity contribution in [2.24, 2.45) is 0 Å². The van der Waals surface area contributed by atoms with Gasteiger partial charge in [-0.1, -0.05) is 84.9 Å². The second-order valence-corrected chi connectivity index (χ2v) is 17.9. The van der Waals surface area contributed by atoms with Gasteiger partial charge in [-0.05, 0) is 99.9 Å². The number of carbonyl (C=O) groups is 4. The van der Waals surface area contributed by atoms with Gasteiger partial charge in [0.2, 0.25) is 11.8 Å². The first-order chi connectivity index (χ1) is 31.0. The second-order valence-electron chi connectivity index (χ2n) is 16.8. The first kappa shape index (κ1) is 44.3. The molecule has 332 valence electrons. The molecule has 0 saturated carbocycles. The highest BCUT2D eigenvalue weighted by Gasteiger charge is 2.39. The van der Waals surface area contributed by atoms with E-state index in [2.05, 4.69) is 51.3 Å². The first-order valence-electron chi connectivity index (χ1n) is 22.1. The summed E-state index contributed by atoms with van der Waals surface area (Å²) in [5, 5.41) is 10.9. The van der Waals surface area contributed by atoms with E-state index in [1.807, 2.05) is 104 Å². The van der Waals surface area contributed by atoms with Gasteiger partial charge in [-0.2, -0.15) is 0 Å². The number of hydrogen-bond acceptors (Lipinski definition) is 9. The lowest BCUT2D eigenvalue weighted by atomic mass is 10.0. The maximum atomic E-state index is 14.1. The van der Waals surface area contributed by atoms with Crippen molar-refractivity contribution < 1.29 is 28.7 Å². The van der Waals surface area contributed by atoms with Crippen LogP contribution in [0.25, 0.3) is 32.6 Å². The number of rotatable bonds is 15. The third-order valence-corrected chi connectivity index (χ3v) is 12.8. The number of alkyl carbamates (subject to hydrolysis) is 1. The number of hydrogen-bond donors (Lipinski definition) is 4. The molecule has 2 fully saturated rings. The van der Waals surface area contributed by atoms with Crippen LogP contribution < -0.4 is 16.0 Å². The Morgan fingerprint density at radius 3 is 2.12 bits per heavy atom. The molecule has 4 amide bonds. The Hall–Kier alpha value is -6.35. The fraction of sp³-hybridized carbons (Fsp3) is 0.340. The Morgan fingerprint density at radius 2 is 1.42 bits per heavy atom. The molecule has 4 atom stereocenters. The Morgan fingerprint density at radius 1 is 0.766 bits per heavy atom. The van der Waals surface area contributed by atoms with Crippen LogP contribution >= 0.6 is 11.3 Å². The minimum atomic E-state index is -0.882. The monoisotopic (exact) mass is 881 g/mol. The number of benzene rings is 4. The van der Waals surface area contributed by atoms with Gasteiger partial charge in [0.15, 0.2) is 0 Å². The molecular formula is C50H55N7O6S. The zero-order chi connectivity index (χ0) is 44.7. The summed E-state index contributed by atoms with van der Waals surface area (Å²) in [5.74, 6) is -0.549. The lowest BCUT2D eigenvalue weighted by Crippen LogP contribution is -2.48. The number of aromatic nitrogens is 2. The number of fused-ring (bicyclic) bond motifs is 1. The van der Waals surface area contributed by atoms with E-state index in [1.165, 1.54) is 0 Å². The SMILES string of the molecule is CC(C)OCN[C@@H](C(=O)N1CCC[C@H]1C(=O)Nc1ccc2[nH]c(-c3ccc(-c4cnc([C@@H]5CCCN5C(=O)[C@H](NC(=O)OC(C)C)c5ccccc5)s4)cc3)cc2c1)c1ccccc1. The molecule has 2 aliphatic heterocycles. The van der Waals surface area contributed by atoms with Crippen LogP contribution in [0, 0.1) is 0 Å². The molecule has 6 aromatic rings. The maximum Gasteiger partial charge on any atom is 0.408 e. The van der Waals surface area contributed by atoms with Gasteiger partial charge in [0.05, 0.1) is 29.9 Å².